The molecular formula is C13H14ClNO4. The van der Waals surface area contributed by atoms with E-state index in [2.05, 4.69) is 0 Å². The SMILES string of the molecule is CC(=O)N1CCC(Oc2ccc(Cl)c(C(=O)O)c2)C1. The zero-order valence-corrected chi connectivity index (χ0v) is 11.2. The molecule has 1 aromatic carbocycles. The molecule has 6 heteroatoms. The molecule has 1 atom stereocenters. The number of carbonyl (C=O) groups excluding carboxylic acids is 1. The summed E-state index contributed by atoms with van der Waals surface area (Å²) in [5.74, 6) is -0.613. The highest BCUT2D eigenvalue weighted by Crippen LogP contribution is 2.24. The first-order chi connectivity index (χ1) is 8.97. The van der Waals surface area contributed by atoms with Crippen molar-refractivity contribution in [2.24, 2.45) is 0 Å². The van der Waals surface area contributed by atoms with E-state index in [-0.39, 0.29) is 22.6 Å². The van der Waals surface area contributed by atoms with Gasteiger partial charge in [0.25, 0.3) is 0 Å². The van der Waals surface area contributed by atoms with E-state index in [9.17, 15) is 9.59 Å². The van der Waals surface area contributed by atoms with Gasteiger partial charge in [0.15, 0.2) is 0 Å². The molecule has 1 saturated heterocycles. The van der Waals surface area contributed by atoms with Gasteiger partial charge in [-0.25, -0.2) is 4.79 Å². The average molecular weight is 284 g/mol. The highest BCUT2D eigenvalue weighted by molar-refractivity contribution is 6.33. The molecule has 1 unspecified atom stereocenters. The predicted molar refractivity (Wildman–Crippen MR) is 69.7 cm³/mol. The van der Waals surface area contributed by atoms with Crippen molar-refractivity contribution in [1.29, 1.82) is 0 Å². The molecule has 1 amide bonds. The van der Waals surface area contributed by atoms with E-state index >= 15 is 0 Å². The molecule has 0 radical (unpaired) electrons. The second kappa shape index (κ2) is 5.48. The molecule has 0 spiro atoms. The van der Waals surface area contributed by atoms with E-state index in [1.165, 1.54) is 19.1 Å². The zero-order valence-electron chi connectivity index (χ0n) is 10.4. The van der Waals surface area contributed by atoms with Crippen LogP contribution in [-0.4, -0.2) is 41.1 Å². The van der Waals surface area contributed by atoms with Crippen molar-refractivity contribution in [3.63, 3.8) is 0 Å². The number of carboxylic acid groups (broad SMARTS) is 1. The van der Waals surface area contributed by atoms with Gasteiger partial charge in [0.2, 0.25) is 5.91 Å². The van der Waals surface area contributed by atoms with Gasteiger partial charge in [-0.05, 0) is 18.2 Å². The Kier molecular flexibility index (Phi) is 3.95. The predicted octanol–water partition coefficient (Wildman–Crippen LogP) is 2.04. The van der Waals surface area contributed by atoms with Crippen LogP contribution in [0.25, 0.3) is 0 Å². The van der Waals surface area contributed by atoms with E-state index in [0.717, 1.165) is 6.42 Å². The third-order valence-electron chi connectivity index (χ3n) is 3.06. The molecule has 19 heavy (non-hydrogen) atoms. The standard InChI is InChI=1S/C13H14ClNO4/c1-8(16)15-5-4-10(7-15)19-9-2-3-12(14)11(6-9)13(17)18/h2-3,6,10H,4-5,7H2,1H3,(H,17,18). The fourth-order valence-corrected chi connectivity index (χ4v) is 2.24. The fourth-order valence-electron chi connectivity index (χ4n) is 2.04. The number of carboxylic acids is 1. The molecule has 1 N–H and O–H groups in total. The maximum absolute atomic E-state index is 11.2. The maximum atomic E-state index is 11.2. The number of hydrogen-bond donors (Lipinski definition) is 1. The summed E-state index contributed by atoms with van der Waals surface area (Å²) in [4.78, 5) is 23.9. The second-order valence-electron chi connectivity index (χ2n) is 4.44. The van der Waals surface area contributed by atoms with Gasteiger partial charge in [-0.3, -0.25) is 4.79 Å². The Balaban J connectivity index is 2.06. The van der Waals surface area contributed by atoms with Crippen LogP contribution >= 0.6 is 11.6 Å². The molecule has 5 nitrogen and oxygen atoms in total. The Labute approximate surface area is 115 Å². The van der Waals surface area contributed by atoms with Crippen molar-refractivity contribution in [1.82, 2.24) is 4.90 Å². The summed E-state index contributed by atoms with van der Waals surface area (Å²) in [6.45, 7) is 2.72. The second-order valence-corrected chi connectivity index (χ2v) is 4.85. The number of rotatable bonds is 3. The van der Waals surface area contributed by atoms with Gasteiger partial charge in [-0.2, -0.15) is 0 Å². The molecule has 2 rings (SSSR count). The van der Waals surface area contributed by atoms with Crippen LogP contribution in [0.2, 0.25) is 5.02 Å². The molecule has 1 aliphatic rings. The lowest BCUT2D eigenvalue weighted by atomic mass is 10.2. The van der Waals surface area contributed by atoms with E-state index in [4.69, 9.17) is 21.4 Å². The molecule has 1 heterocycles. The third kappa shape index (κ3) is 3.17. The zero-order chi connectivity index (χ0) is 14.0. The van der Waals surface area contributed by atoms with Crippen LogP contribution in [0.1, 0.15) is 23.7 Å². The number of aromatic carboxylic acids is 1. The smallest absolute Gasteiger partial charge is 0.337 e. The molecular weight excluding hydrogens is 270 g/mol. The molecule has 1 aliphatic heterocycles. The number of benzene rings is 1. The Hall–Kier alpha value is -1.75. The minimum absolute atomic E-state index is 0.0144. The lowest BCUT2D eigenvalue weighted by Crippen LogP contribution is -2.28. The summed E-state index contributed by atoms with van der Waals surface area (Å²) >= 11 is 5.78. The van der Waals surface area contributed by atoms with Gasteiger partial charge in [-0.15, -0.1) is 0 Å². The van der Waals surface area contributed by atoms with Gasteiger partial charge in [0.1, 0.15) is 11.9 Å². The quantitative estimate of drug-likeness (QED) is 0.922. The van der Waals surface area contributed by atoms with Crippen LogP contribution in [-0.2, 0) is 4.79 Å². The van der Waals surface area contributed by atoms with E-state index in [0.29, 0.717) is 18.8 Å². The highest BCUT2D eigenvalue weighted by atomic mass is 35.5. The number of ether oxygens (including phenoxy) is 1. The van der Waals surface area contributed by atoms with E-state index in [1.54, 1.807) is 11.0 Å². The summed E-state index contributed by atoms with van der Waals surface area (Å²) in [6.07, 6.45) is 0.636. The Morgan fingerprint density at radius 1 is 1.47 bits per heavy atom. The van der Waals surface area contributed by atoms with Crippen LogP contribution in [0.3, 0.4) is 0 Å². The Morgan fingerprint density at radius 3 is 2.79 bits per heavy atom. The summed E-state index contributed by atoms with van der Waals surface area (Å²) in [6, 6.07) is 4.53. The number of carbonyl (C=O) groups is 2. The number of halogens is 1. The average Bonchev–Trinajstić information content (AvgIpc) is 2.80. The van der Waals surface area contributed by atoms with Crippen molar-refractivity contribution in [3.8, 4) is 5.75 Å². The van der Waals surface area contributed by atoms with Crippen molar-refractivity contribution < 1.29 is 19.4 Å². The van der Waals surface area contributed by atoms with Crippen molar-refractivity contribution in [2.45, 2.75) is 19.4 Å². The number of likely N-dealkylation sites (tertiary alicyclic amines) is 1. The molecule has 1 fully saturated rings. The molecule has 0 aromatic heterocycles. The van der Waals surface area contributed by atoms with Crippen LogP contribution in [0.4, 0.5) is 0 Å². The highest BCUT2D eigenvalue weighted by Gasteiger charge is 2.25. The van der Waals surface area contributed by atoms with Crippen LogP contribution in [0.15, 0.2) is 18.2 Å². The van der Waals surface area contributed by atoms with Crippen molar-refractivity contribution >= 4 is 23.5 Å². The van der Waals surface area contributed by atoms with Gasteiger partial charge < -0.3 is 14.7 Å². The summed E-state index contributed by atoms with van der Waals surface area (Å²) < 4.78 is 5.69. The number of nitrogens with zero attached hydrogens (tertiary/aromatic N) is 1. The lowest BCUT2D eigenvalue weighted by molar-refractivity contribution is -0.128. The minimum atomic E-state index is -1.09. The lowest BCUT2D eigenvalue weighted by Gasteiger charge is -2.16. The van der Waals surface area contributed by atoms with Gasteiger partial charge in [0, 0.05) is 19.9 Å². The normalized spacial score (nSPS) is 18.4. The first-order valence-corrected chi connectivity index (χ1v) is 6.30. The summed E-state index contributed by atoms with van der Waals surface area (Å²) in [5, 5.41) is 9.15. The van der Waals surface area contributed by atoms with Gasteiger partial charge in [0.05, 0.1) is 17.1 Å². The fraction of sp³-hybridized carbons (Fsp3) is 0.385. The van der Waals surface area contributed by atoms with Crippen LogP contribution in [0, 0.1) is 0 Å². The van der Waals surface area contributed by atoms with Gasteiger partial charge in [-0.1, -0.05) is 11.6 Å². The van der Waals surface area contributed by atoms with Crippen LogP contribution < -0.4 is 4.74 Å². The number of amides is 1. The van der Waals surface area contributed by atoms with E-state index in [1.807, 2.05) is 0 Å². The number of hydrogen-bond acceptors (Lipinski definition) is 3. The summed E-state index contributed by atoms with van der Waals surface area (Å²) in [5.41, 5.74) is 0.0144. The minimum Gasteiger partial charge on any atom is -0.488 e. The molecule has 1 aromatic rings. The molecule has 0 bridgehead atoms. The summed E-state index contributed by atoms with van der Waals surface area (Å²) in [7, 11) is 0. The van der Waals surface area contributed by atoms with E-state index < -0.39 is 5.97 Å². The van der Waals surface area contributed by atoms with Crippen LogP contribution in [0.5, 0.6) is 5.75 Å². The van der Waals surface area contributed by atoms with Crippen molar-refractivity contribution in [3.05, 3.63) is 28.8 Å². The third-order valence-corrected chi connectivity index (χ3v) is 3.39. The molecule has 0 saturated carbocycles. The van der Waals surface area contributed by atoms with Crippen molar-refractivity contribution in [2.75, 3.05) is 13.1 Å². The van der Waals surface area contributed by atoms with Gasteiger partial charge >= 0.3 is 5.97 Å². The molecule has 102 valence electrons. The Morgan fingerprint density at radius 2 is 2.21 bits per heavy atom. The first-order valence-electron chi connectivity index (χ1n) is 5.92. The molecule has 0 aliphatic carbocycles. The first kappa shape index (κ1) is 13.7. The monoisotopic (exact) mass is 283 g/mol. The largest absolute Gasteiger partial charge is 0.488 e. The maximum Gasteiger partial charge on any atom is 0.337 e. The topological polar surface area (TPSA) is 66.8 Å². The Bertz CT molecular complexity index is 517.